The van der Waals surface area contributed by atoms with Crippen molar-refractivity contribution in [3.63, 3.8) is 0 Å². The first-order valence-corrected chi connectivity index (χ1v) is 7.25. The van der Waals surface area contributed by atoms with Crippen molar-refractivity contribution in [1.29, 1.82) is 0 Å². The van der Waals surface area contributed by atoms with Crippen molar-refractivity contribution in [3.05, 3.63) is 83.2 Å². The minimum atomic E-state index is 1.02. The summed E-state index contributed by atoms with van der Waals surface area (Å²) in [6.45, 7) is 0. The summed E-state index contributed by atoms with van der Waals surface area (Å²) in [5, 5.41) is 0. The standard InChI is InChI=1S/C19H17N2/c1-20-17(12-11-15-7-3-2-4-8-15)14-18-13-16-9-5-6-10-19(16)21(18)20/h2-12,14H,13H2,1H3/q+1. The Labute approximate surface area is 124 Å². The lowest BCUT2D eigenvalue weighted by atomic mass is 10.1. The van der Waals surface area contributed by atoms with Gasteiger partial charge in [0.25, 0.3) is 0 Å². The van der Waals surface area contributed by atoms with Crippen LogP contribution in [0.5, 0.6) is 0 Å². The number of fused-ring (bicyclic) bond motifs is 3. The number of benzene rings is 2. The molecular weight excluding hydrogens is 256 g/mol. The van der Waals surface area contributed by atoms with Gasteiger partial charge in [0.05, 0.1) is 5.69 Å². The van der Waals surface area contributed by atoms with E-state index in [9.17, 15) is 0 Å². The van der Waals surface area contributed by atoms with Crippen molar-refractivity contribution in [2.45, 2.75) is 6.42 Å². The summed E-state index contributed by atoms with van der Waals surface area (Å²) >= 11 is 0. The van der Waals surface area contributed by atoms with E-state index in [-0.39, 0.29) is 0 Å². The van der Waals surface area contributed by atoms with E-state index in [0.29, 0.717) is 0 Å². The molecule has 0 amide bonds. The number of rotatable bonds is 2. The monoisotopic (exact) mass is 273 g/mol. The quantitative estimate of drug-likeness (QED) is 0.495. The van der Waals surface area contributed by atoms with Gasteiger partial charge >= 0.3 is 0 Å². The molecule has 0 spiro atoms. The molecule has 2 heteroatoms. The molecule has 3 aromatic rings. The number of aromatic nitrogens is 2. The maximum atomic E-state index is 2.31. The van der Waals surface area contributed by atoms with Crippen LogP contribution in [-0.2, 0) is 13.5 Å². The molecule has 0 radical (unpaired) electrons. The maximum absolute atomic E-state index is 2.31. The molecule has 2 heterocycles. The van der Waals surface area contributed by atoms with Crippen molar-refractivity contribution in [2.75, 3.05) is 0 Å². The number of nitrogens with zero attached hydrogens (tertiary/aromatic N) is 2. The lowest BCUT2D eigenvalue weighted by Gasteiger charge is -1.99. The average molecular weight is 273 g/mol. The molecule has 1 aromatic heterocycles. The van der Waals surface area contributed by atoms with Crippen LogP contribution < -0.4 is 4.68 Å². The van der Waals surface area contributed by atoms with Crippen LogP contribution in [0.25, 0.3) is 17.8 Å². The highest BCUT2D eigenvalue weighted by Gasteiger charge is 2.27. The van der Waals surface area contributed by atoms with Crippen LogP contribution in [0.1, 0.15) is 22.5 Å². The van der Waals surface area contributed by atoms with Crippen molar-refractivity contribution >= 4 is 12.2 Å². The fraction of sp³-hybridized carbons (Fsp3) is 0.105. The van der Waals surface area contributed by atoms with Gasteiger partial charge in [-0.1, -0.05) is 48.5 Å². The first-order chi connectivity index (χ1) is 10.3. The zero-order valence-electron chi connectivity index (χ0n) is 12.0. The molecule has 0 aliphatic carbocycles. The fourth-order valence-corrected chi connectivity index (χ4v) is 3.04. The van der Waals surface area contributed by atoms with Crippen molar-refractivity contribution in [2.24, 2.45) is 7.05 Å². The molecule has 1 aliphatic rings. The Bertz CT molecular complexity index is 826. The van der Waals surface area contributed by atoms with Crippen LogP contribution in [0.3, 0.4) is 0 Å². The minimum absolute atomic E-state index is 1.02. The third kappa shape index (κ3) is 2.00. The Hall–Kier alpha value is -2.61. The van der Waals surface area contributed by atoms with Crippen LogP contribution in [0.2, 0.25) is 0 Å². The molecule has 0 saturated heterocycles. The van der Waals surface area contributed by atoms with Crippen LogP contribution in [0, 0.1) is 0 Å². The highest BCUT2D eigenvalue weighted by atomic mass is 15.4. The molecule has 2 nitrogen and oxygen atoms in total. The summed E-state index contributed by atoms with van der Waals surface area (Å²) in [4.78, 5) is 0. The summed E-state index contributed by atoms with van der Waals surface area (Å²) in [5.41, 5.74) is 6.51. The Balaban J connectivity index is 1.74. The summed E-state index contributed by atoms with van der Waals surface area (Å²) in [7, 11) is 2.12. The van der Waals surface area contributed by atoms with E-state index in [1.54, 1.807) is 0 Å². The summed E-state index contributed by atoms with van der Waals surface area (Å²) in [6, 6.07) is 21.3. The lowest BCUT2D eigenvalue weighted by Crippen LogP contribution is -2.39. The Morgan fingerprint density at radius 2 is 1.71 bits per heavy atom. The maximum Gasteiger partial charge on any atom is 0.231 e. The zero-order valence-corrected chi connectivity index (χ0v) is 12.0. The van der Waals surface area contributed by atoms with Gasteiger partial charge in [-0.2, -0.15) is 0 Å². The normalized spacial score (nSPS) is 12.6. The van der Waals surface area contributed by atoms with E-state index in [0.717, 1.165) is 6.42 Å². The number of para-hydroxylation sites is 1. The summed E-state index contributed by atoms with van der Waals surface area (Å²) < 4.78 is 4.53. The second-order valence-corrected chi connectivity index (χ2v) is 5.45. The molecule has 102 valence electrons. The second kappa shape index (κ2) is 4.74. The highest BCUT2D eigenvalue weighted by molar-refractivity contribution is 5.67. The zero-order chi connectivity index (χ0) is 14.2. The molecule has 1 aliphatic heterocycles. The second-order valence-electron chi connectivity index (χ2n) is 5.45. The van der Waals surface area contributed by atoms with Crippen molar-refractivity contribution < 1.29 is 4.68 Å². The first-order valence-electron chi connectivity index (χ1n) is 7.25. The Kier molecular flexibility index (Phi) is 2.74. The van der Waals surface area contributed by atoms with Gasteiger partial charge in [-0.25, -0.2) is 0 Å². The predicted molar refractivity (Wildman–Crippen MR) is 85.1 cm³/mol. The van der Waals surface area contributed by atoms with E-state index in [2.05, 4.69) is 83.2 Å². The highest BCUT2D eigenvalue weighted by Crippen LogP contribution is 2.26. The van der Waals surface area contributed by atoms with Gasteiger partial charge in [-0.15, -0.1) is 9.36 Å². The molecule has 0 unspecified atom stereocenters. The Morgan fingerprint density at radius 3 is 2.57 bits per heavy atom. The van der Waals surface area contributed by atoms with Gasteiger partial charge in [0.15, 0.2) is 7.05 Å². The van der Waals surface area contributed by atoms with Gasteiger partial charge < -0.3 is 0 Å². The van der Waals surface area contributed by atoms with E-state index in [1.807, 2.05) is 6.07 Å². The molecule has 0 saturated carbocycles. The lowest BCUT2D eigenvalue weighted by molar-refractivity contribution is -0.745. The van der Waals surface area contributed by atoms with Crippen LogP contribution in [0.4, 0.5) is 0 Å². The van der Waals surface area contributed by atoms with Crippen LogP contribution in [0.15, 0.2) is 60.7 Å². The topological polar surface area (TPSA) is 8.81 Å². The van der Waals surface area contributed by atoms with E-state index in [1.165, 1.54) is 28.2 Å². The van der Waals surface area contributed by atoms with E-state index >= 15 is 0 Å². The molecular formula is C19H17N2+. The molecule has 21 heavy (non-hydrogen) atoms. The molecule has 4 rings (SSSR count). The average Bonchev–Trinajstić information content (AvgIpc) is 3.03. The van der Waals surface area contributed by atoms with Crippen LogP contribution in [-0.4, -0.2) is 4.68 Å². The Morgan fingerprint density at radius 1 is 0.952 bits per heavy atom. The van der Waals surface area contributed by atoms with Gasteiger partial charge in [-0.3, -0.25) is 0 Å². The molecule has 0 bridgehead atoms. The van der Waals surface area contributed by atoms with Crippen molar-refractivity contribution in [3.8, 4) is 5.69 Å². The SMILES string of the molecule is C[n+]1c(C=Cc2ccccc2)cc2n1-c1ccccc1C2. The van der Waals surface area contributed by atoms with Gasteiger partial charge in [-0.05, 0) is 23.3 Å². The summed E-state index contributed by atoms with van der Waals surface area (Å²) in [6.07, 6.45) is 5.36. The van der Waals surface area contributed by atoms with E-state index in [4.69, 9.17) is 0 Å². The molecule has 0 N–H and O–H groups in total. The third-order valence-electron chi connectivity index (χ3n) is 4.10. The van der Waals surface area contributed by atoms with Crippen LogP contribution >= 0.6 is 0 Å². The fourth-order valence-electron chi connectivity index (χ4n) is 3.04. The minimum Gasteiger partial charge on any atom is -0.124 e. The smallest absolute Gasteiger partial charge is 0.124 e. The summed E-state index contributed by atoms with van der Waals surface area (Å²) in [5.74, 6) is 0. The van der Waals surface area contributed by atoms with Gasteiger partial charge in [0, 0.05) is 18.6 Å². The largest absolute Gasteiger partial charge is 0.231 e. The first kappa shape index (κ1) is 12.2. The predicted octanol–water partition coefficient (Wildman–Crippen LogP) is 3.38. The van der Waals surface area contributed by atoms with Crippen molar-refractivity contribution in [1.82, 2.24) is 4.68 Å². The van der Waals surface area contributed by atoms with Gasteiger partial charge in [0.1, 0.15) is 5.69 Å². The molecule has 0 atom stereocenters. The number of hydrogen-bond acceptors (Lipinski definition) is 0. The number of hydrogen-bond donors (Lipinski definition) is 0. The third-order valence-corrected chi connectivity index (χ3v) is 4.10. The molecule has 2 aromatic carbocycles. The molecule has 0 fully saturated rings. The van der Waals surface area contributed by atoms with E-state index < -0.39 is 0 Å². The van der Waals surface area contributed by atoms with Gasteiger partial charge in [0.2, 0.25) is 5.69 Å².